The minimum atomic E-state index is -0.361. The molecule has 1 atom stereocenters. The molecule has 19 heavy (non-hydrogen) atoms. The predicted molar refractivity (Wildman–Crippen MR) is 83.3 cm³/mol. The van der Waals surface area contributed by atoms with E-state index in [0.29, 0.717) is 5.25 Å². The van der Waals surface area contributed by atoms with Gasteiger partial charge in [0, 0.05) is 41.8 Å². The average molecular weight is 283 g/mol. The standard InChI is InChI=1S/C13H21N3O2S/c1-4-5-14-11-6-12(15-9-10(2)19-3)8-13(7-11)16(17)18/h6-8,10,14-15H,4-5,9H2,1-3H3. The summed E-state index contributed by atoms with van der Waals surface area (Å²) in [5.74, 6) is 0. The molecule has 0 fully saturated rings. The van der Waals surface area contributed by atoms with E-state index in [9.17, 15) is 10.1 Å². The van der Waals surface area contributed by atoms with Gasteiger partial charge in [0.25, 0.3) is 5.69 Å². The largest absolute Gasteiger partial charge is 0.385 e. The molecule has 5 nitrogen and oxygen atoms in total. The molecule has 0 amide bonds. The quantitative estimate of drug-likeness (QED) is 0.564. The number of benzene rings is 1. The van der Waals surface area contributed by atoms with E-state index < -0.39 is 0 Å². The van der Waals surface area contributed by atoms with E-state index in [1.807, 2.05) is 12.3 Å². The summed E-state index contributed by atoms with van der Waals surface area (Å²) in [4.78, 5) is 10.6. The van der Waals surface area contributed by atoms with Crippen LogP contribution < -0.4 is 10.6 Å². The molecule has 0 heterocycles. The van der Waals surface area contributed by atoms with Gasteiger partial charge in [-0.05, 0) is 18.7 Å². The van der Waals surface area contributed by atoms with Crippen LogP contribution in [0.25, 0.3) is 0 Å². The third-order valence-corrected chi connectivity index (χ3v) is 3.68. The maximum absolute atomic E-state index is 10.9. The minimum Gasteiger partial charge on any atom is -0.385 e. The third kappa shape index (κ3) is 5.38. The van der Waals surface area contributed by atoms with Crippen LogP contribution in [0.5, 0.6) is 0 Å². The number of non-ortho nitro benzene ring substituents is 1. The number of hydrogen-bond donors (Lipinski definition) is 2. The molecule has 0 aromatic heterocycles. The SMILES string of the molecule is CCCNc1cc(NCC(C)SC)cc([N+](=O)[O-])c1. The molecule has 6 heteroatoms. The van der Waals surface area contributed by atoms with E-state index >= 15 is 0 Å². The fraction of sp³-hybridized carbons (Fsp3) is 0.538. The molecule has 0 aliphatic carbocycles. The Labute approximate surface area is 118 Å². The van der Waals surface area contributed by atoms with Gasteiger partial charge in [0.05, 0.1) is 4.92 Å². The van der Waals surface area contributed by atoms with Crippen molar-refractivity contribution in [2.24, 2.45) is 0 Å². The summed E-state index contributed by atoms with van der Waals surface area (Å²) < 4.78 is 0. The van der Waals surface area contributed by atoms with Crippen LogP contribution in [0.3, 0.4) is 0 Å². The topological polar surface area (TPSA) is 67.2 Å². The first kappa shape index (κ1) is 15.6. The molecular weight excluding hydrogens is 262 g/mol. The normalized spacial score (nSPS) is 11.9. The zero-order valence-corrected chi connectivity index (χ0v) is 12.4. The molecule has 1 rings (SSSR count). The van der Waals surface area contributed by atoms with Crippen molar-refractivity contribution in [3.63, 3.8) is 0 Å². The van der Waals surface area contributed by atoms with Crippen molar-refractivity contribution >= 4 is 28.8 Å². The molecule has 2 N–H and O–H groups in total. The molecule has 1 aromatic rings. The second kappa shape index (κ2) is 7.89. The van der Waals surface area contributed by atoms with Gasteiger partial charge in [0.15, 0.2) is 0 Å². The Morgan fingerprint density at radius 2 is 1.95 bits per heavy atom. The second-order valence-electron chi connectivity index (χ2n) is 4.38. The van der Waals surface area contributed by atoms with Gasteiger partial charge < -0.3 is 10.6 Å². The minimum absolute atomic E-state index is 0.111. The van der Waals surface area contributed by atoms with Crippen LogP contribution in [0.15, 0.2) is 18.2 Å². The number of nitrogens with zero attached hydrogens (tertiary/aromatic N) is 1. The van der Waals surface area contributed by atoms with E-state index in [-0.39, 0.29) is 10.6 Å². The number of rotatable bonds is 8. The van der Waals surface area contributed by atoms with E-state index in [1.54, 1.807) is 23.9 Å². The van der Waals surface area contributed by atoms with Crippen LogP contribution in [0.1, 0.15) is 20.3 Å². The summed E-state index contributed by atoms with van der Waals surface area (Å²) in [6.07, 6.45) is 3.03. The molecule has 0 aliphatic heterocycles. The lowest BCUT2D eigenvalue weighted by Crippen LogP contribution is -2.13. The summed E-state index contributed by atoms with van der Waals surface area (Å²) in [5, 5.41) is 17.8. The van der Waals surface area contributed by atoms with Gasteiger partial charge in [0.1, 0.15) is 0 Å². The van der Waals surface area contributed by atoms with Crippen LogP contribution in [0.4, 0.5) is 17.1 Å². The van der Waals surface area contributed by atoms with Crippen molar-refractivity contribution in [3.05, 3.63) is 28.3 Å². The third-order valence-electron chi connectivity index (χ3n) is 2.70. The molecule has 106 valence electrons. The van der Waals surface area contributed by atoms with Crippen molar-refractivity contribution in [3.8, 4) is 0 Å². The Kier molecular flexibility index (Phi) is 6.49. The number of nitrogens with one attached hydrogen (secondary N) is 2. The maximum atomic E-state index is 10.9. The molecule has 0 saturated heterocycles. The summed E-state index contributed by atoms with van der Waals surface area (Å²) in [6, 6.07) is 5.05. The van der Waals surface area contributed by atoms with Crippen molar-refractivity contribution in [2.75, 3.05) is 30.0 Å². The zero-order valence-electron chi connectivity index (χ0n) is 11.6. The second-order valence-corrected chi connectivity index (χ2v) is 5.66. The van der Waals surface area contributed by atoms with Crippen LogP contribution in [0, 0.1) is 10.1 Å². The lowest BCUT2D eigenvalue weighted by molar-refractivity contribution is -0.384. The Morgan fingerprint density at radius 1 is 1.32 bits per heavy atom. The molecule has 0 aliphatic rings. The number of nitro groups is 1. The molecule has 0 bridgehead atoms. The fourth-order valence-corrected chi connectivity index (χ4v) is 1.78. The fourth-order valence-electron chi connectivity index (χ4n) is 1.53. The van der Waals surface area contributed by atoms with E-state index in [4.69, 9.17) is 0 Å². The lowest BCUT2D eigenvalue weighted by atomic mass is 10.2. The van der Waals surface area contributed by atoms with Gasteiger partial charge in [-0.2, -0.15) is 11.8 Å². The molecule has 0 saturated carbocycles. The number of hydrogen-bond acceptors (Lipinski definition) is 5. The highest BCUT2D eigenvalue weighted by atomic mass is 32.2. The average Bonchev–Trinajstić information content (AvgIpc) is 2.42. The Hall–Kier alpha value is -1.43. The van der Waals surface area contributed by atoms with Crippen LogP contribution in [-0.4, -0.2) is 29.5 Å². The Bertz CT molecular complexity index is 426. The van der Waals surface area contributed by atoms with Gasteiger partial charge in [-0.15, -0.1) is 0 Å². The first-order chi connectivity index (χ1) is 9.06. The van der Waals surface area contributed by atoms with Crippen LogP contribution in [0.2, 0.25) is 0 Å². The smallest absolute Gasteiger partial charge is 0.273 e. The summed E-state index contributed by atoms with van der Waals surface area (Å²) in [5.41, 5.74) is 1.68. The predicted octanol–water partition coefficient (Wildman–Crippen LogP) is 3.58. The molecule has 0 spiro atoms. The monoisotopic (exact) mass is 283 g/mol. The number of thioether (sulfide) groups is 1. The Morgan fingerprint density at radius 3 is 2.47 bits per heavy atom. The lowest BCUT2D eigenvalue weighted by Gasteiger charge is -2.13. The Balaban J connectivity index is 2.83. The highest BCUT2D eigenvalue weighted by molar-refractivity contribution is 7.99. The zero-order chi connectivity index (χ0) is 14.3. The van der Waals surface area contributed by atoms with E-state index in [2.05, 4.69) is 24.5 Å². The molecule has 0 radical (unpaired) electrons. The summed E-state index contributed by atoms with van der Waals surface area (Å²) in [6.45, 7) is 5.77. The first-order valence-corrected chi connectivity index (χ1v) is 7.65. The van der Waals surface area contributed by atoms with E-state index in [0.717, 1.165) is 30.9 Å². The summed E-state index contributed by atoms with van der Waals surface area (Å²) >= 11 is 1.76. The van der Waals surface area contributed by atoms with Gasteiger partial charge in [0.2, 0.25) is 0 Å². The van der Waals surface area contributed by atoms with Crippen molar-refractivity contribution < 1.29 is 4.92 Å². The van der Waals surface area contributed by atoms with Gasteiger partial charge >= 0.3 is 0 Å². The van der Waals surface area contributed by atoms with Gasteiger partial charge in [-0.25, -0.2) is 0 Å². The number of anilines is 2. The molecule has 1 aromatic carbocycles. The van der Waals surface area contributed by atoms with Crippen molar-refractivity contribution in [1.29, 1.82) is 0 Å². The molecular formula is C13H21N3O2S. The van der Waals surface area contributed by atoms with Crippen LogP contribution in [-0.2, 0) is 0 Å². The molecule has 1 unspecified atom stereocenters. The highest BCUT2D eigenvalue weighted by Crippen LogP contribution is 2.24. The van der Waals surface area contributed by atoms with Crippen molar-refractivity contribution in [1.82, 2.24) is 0 Å². The first-order valence-electron chi connectivity index (χ1n) is 6.36. The van der Waals surface area contributed by atoms with E-state index in [1.165, 1.54) is 0 Å². The van der Waals surface area contributed by atoms with Gasteiger partial charge in [-0.1, -0.05) is 13.8 Å². The highest BCUT2D eigenvalue weighted by Gasteiger charge is 2.10. The summed E-state index contributed by atoms with van der Waals surface area (Å²) in [7, 11) is 0. The van der Waals surface area contributed by atoms with Crippen LogP contribution >= 0.6 is 11.8 Å². The van der Waals surface area contributed by atoms with Gasteiger partial charge in [-0.3, -0.25) is 10.1 Å². The number of nitro benzene ring substituents is 1. The van der Waals surface area contributed by atoms with Crippen molar-refractivity contribution in [2.45, 2.75) is 25.5 Å². The maximum Gasteiger partial charge on any atom is 0.273 e.